The first-order valence-corrected chi connectivity index (χ1v) is 7.27. The average Bonchev–Trinajstić information content (AvgIpc) is 2.50. The molecule has 0 radical (unpaired) electrons. The quantitative estimate of drug-likeness (QED) is 0.599. The lowest BCUT2D eigenvalue weighted by Crippen LogP contribution is -2.46. The Bertz CT molecular complexity index is 537. The van der Waals surface area contributed by atoms with Gasteiger partial charge in [-0.25, -0.2) is 0 Å². The zero-order valence-electron chi connectivity index (χ0n) is 12.5. The summed E-state index contributed by atoms with van der Waals surface area (Å²) in [5, 5.41) is 19.8. The molecule has 7 nitrogen and oxygen atoms in total. The number of nitrogens with zero attached hydrogens (tertiary/aromatic N) is 3. The zero-order chi connectivity index (χ0) is 16.8. The van der Waals surface area contributed by atoms with E-state index in [1.165, 1.54) is 12.1 Å². The van der Waals surface area contributed by atoms with Crippen molar-refractivity contribution in [3.63, 3.8) is 0 Å². The van der Waals surface area contributed by atoms with Gasteiger partial charge in [-0.2, -0.15) is 8.78 Å². The van der Waals surface area contributed by atoms with Crippen molar-refractivity contribution >= 4 is 5.69 Å². The van der Waals surface area contributed by atoms with E-state index in [1.807, 2.05) is 4.90 Å². The molecule has 1 aromatic carbocycles. The lowest BCUT2D eigenvalue weighted by molar-refractivity contribution is -0.385. The third kappa shape index (κ3) is 5.08. The fourth-order valence-corrected chi connectivity index (χ4v) is 2.57. The van der Waals surface area contributed by atoms with Gasteiger partial charge in [-0.05, 0) is 6.07 Å². The molecular formula is C14H19F2N3O4. The number of ether oxygens (including phenoxy) is 1. The number of aliphatic hydroxyl groups is 1. The van der Waals surface area contributed by atoms with Crippen LogP contribution in [0, 0.1) is 10.1 Å². The molecule has 0 aliphatic carbocycles. The molecule has 1 saturated heterocycles. The molecule has 0 unspecified atom stereocenters. The Hall–Kier alpha value is -1.84. The molecule has 0 atom stereocenters. The molecular weight excluding hydrogens is 312 g/mol. The summed E-state index contributed by atoms with van der Waals surface area (Å²) in [7, 11) is 0. The van der Waals surface area contributed by atoms with E-state index in [2.05, 4.69) is 9.64 Å². The van der Waals surface area contributed by atoms with E-state index >= 15 is 0 Å². The minimum absolute atomic E-state index is 0.0385. The third-order valence-corrected chi connectivity index (χ3v) is 3.75. The Morgan fingerprint density at radius 2 is 1.91 bits per heavy atom. The number of hydrogen-bond acceptors (Lipinski definition) is 6. The van der Waals surface area contributed by atoms with E-state index in [-0.39, 0.29) is 18.0 Å². The minimum Gasteiger partial charge on any atom is -0.434 e. The summed E-state index contributed by atoms with van der Waals surface area (Å²) in [4.78, 5) is 14.4. The molecule has 2 rings (SSSR count). The molecule has 128 valence electrons. The van der Waals surface area contributed by atoms with Gasteiger partial charge >= 0.3 is 6.61 Å². The highest BCUT2D eigenvalue weighted by Crippen LogP contribution is 2.27. The molecule has 0 saturated carbocycles. The fourth-order valence-electron chi connectivity index (χ4n) is 2.57. The first kappa shape index (κ1) is 17.5. The zero-order valence-corrected chi connectivity index (χ0v) is 12.5. The van der Waals surface area contributed by atoms with Gasteiger partial charge in [0, 0.05) is 57.0 Å². The summed E-state index contributed by atoms with van der Waals surface area (Å²) in [6.07, 6.45) is 0. The first-order valence-electron chi connectivity index (χ1n) is 7.27. The van der Waals surface area contributed by atoms with Gasteiger partial charge in [-0.1, -0.05) is 0 Å². The number of rotatable bonds is 7. The molecule has 23 heavy (non-hydrogen) atoms. The molecule has 1 heterocycles. The molecule has 1 N–H and O–H groups in total. The summed E-state index contributed by atoms with van der Waals surface area (Å²) >= 11 is 0. The van der Waals surface area contributed by atoms with Crippen LogP contribution in [0.2, 0.25) is 0 Å². The number of non-ortho nitro benzene ring substituents is 1. The number of nitro groups is 1. The van der Waals surface area contributed by atoms with Crippen molar-refractivity contribution in [2.75, 3.05) is 39.3 Å². The molecule has 0 bridgehead atoms. The summed E-state index contributed by atoms with van der Waals surface area (Å²) in [5.41, 5.74) is 0.218. The van der Waals surface area contributed by atoms with Gasteiger partial charge in [-0.15, -0.1) is 0 Å². The van der Waals surface area contributed by atoms with Crippen LogP contribution in [0.5, 0.6) is 5.75 Å². The number of β-amino-alcohol motifs (C(OH)–C–C–N with tert-alkyl or cyclic N) is 1. The van der Waals surface area contributed by atoms with Crippen molar-refractivity contribution in [3.05, 3.63) is 33.9 Å². The average molecular weight is 331 g/mol. The fraction of sp³-hybridized carbons (Fsp3) is 0.571. The number of hydrogen-bond donors (Lipinski definition) is 1. The van der Waals surface area contributed by atoms with Gasteiger partial charge < -0.3 is 9.84 Å². The van der Waals surface area contributed by atoms with Crippen molar-refractivity contribution in [1.29, 1.82) is 0 Å². The van der Waals surface area contributed by atoms with Crippen molar-refractivity contribution in [1.82, 2.24) is 9.80 Å². The van der Waals surface area contributed by atoms with E-state index in [0.717, 1.165) is 19.2 Å². The highest BCUT2D eigenvalue weighted by molar-refractivity contribution is 5.43. The largest absolute Gasteiger partial charge is 0.434 e. The van der Waals surface area contributed by atoms with Gasteiger partial charge in [-0.3, -0.25) is 19.9 Å². The van der Waals surface area contributed by atoms with E-state index in [4.69, 9.17) is 5.11 Å². The Labute approximate surface area is 132 Å². The van der Waals surface area contributed by atoms with Gasteiger partial charge in [0.25, 0.3) is 5.69 Å². The van der Waals surface area contributed by atoms with Gasteiger partial charge in [0.15, 0.2) is 0 Å². The summed E-state index contributed by atoms with van der Waals surface area (Å²) < 4.78 is 29.4. The highest BCUT2D eigenvalue weighted by atomic mass is 19.3. The Morgan fingerprint density at radius 3 is 2.48 bits per heavy atom. The summed E-state index contributed by atoms with van der Waals surface area (Å²) in [6.45, 7) is 0.907. The monoisotopic (exact) mass is 331 g/mol. The number of nitro benzene ring substituents is 1. The second-order valence-corrected chi connectivity index (χ2v) is 5.27. The lowest BCUT2D eigenvalue weighted by atomic mass is 10.1. The van der Waals surface area contributed by atoms with Crippen molar-refractivity contribution in [2.24, 2.45) is 0 Å². The molecule has 1 aliphatic heterocycles. The maximum Gasteiger partial charge on any atom is 0.387 e. The van der Waals surface area contributed by atoms with E-state index < -0.39 is 11.5 Å². The van der Waals surface area contributed by atoms with Crippen LogP contribution in [0.4, 0.5) is 14.5 Å². The molecule has 1 aliphatic rings. The summed E-state index contributed by atoms with van der Waals surface area (Å²) in [5.74, 6) is -0.0385. The standard InChI is InChI=1S/C14H19F2N3O4/c15-14(16)23-13-2-1-12(19(21)22)9-11(13)10-18-5-3-17(4-6-18)7-8-20/h1-2,9,14,20H,3-8,10H2. The highest BCUT2D eigenvalue weighted by Gasteiger charge is 2.20. The maximum atomic E-state index is 12.5. The summed E-state index contributed by atoms with van der Waals surface area (Å²) in [6, 6.07) is 3.64. The lowest BCUT2D eigenvalue weighted by Gasteiger charge is -2.34. The molecule has 0 amide bonds. The first-order chi connectivity index (χ1) is 11.0. The number of halogens is 2. The van der Waals surface area contributed by atoms with Crippen LogP contribution in [0.1, 0.15) is 5.56 Å². The van der Waals surface area contributed by atoms with E-state index in [1.54, 1.807) is 0 Å². The second kappa shape index (κ2) is 8.14. The molecule has 9 heteroatoms. The molecule has 0 aromatic heterocycles. The molecule has 1 fully saturated rings. The number of piperazine rings is 1. The van der Waals surface area contributed by atoms with Crippen molar-refractivity contribution < 1.29 is 23.5 Å². The molecule has 0 spiro atoms. The SMILES string of the molecule is O=[N+]([O-])c1ccc(OC(F)F)c(CN2CCN(CCO)CC2)c1. The topological polar surface area (TPSA) is 79.1 Å². The Kier molecular flexibility index (Phi) is 6.20. The number of aliphatic hydroxyl groups excluding tert-OH is 1. The van der Waals surface area contributed by atoms with Crippen molar-refractivity contribution in [2.45, 2.75) is 13.2 Å². The number of benzene rings is 1. The van der Waals surface area contributed by atoms with Gasteiger partial charge in [0.05, 0.1) is 11.5 Å². The Morgan fingerprint density at radius 1 is 1.26 bits per heavy atom. The minimum atomic E-state index is -2.98. The van der Waals surface area contributed by atoms with E-state index in [9.17, 15) is 18.9 Å². The van der Waals surface area contributed by atoms with Gasteiger partial charge in [0.1, 0.15) is 5.75 Å². The van der Waals surface area contributed by atoms with Crippen molar-refractivity contribution in [3.8, 4) is 5.75 Å². The van der Waals surface area contributed by atoms with Crippen LogP contribution in [0.15, 0.2) is 18.2 Å². The normalized spacial score (nSPS) is 16.7. The van der Waals surface area contributed by atoms with Crippen LogP contribution in [0.25, 0.3) is 0 Å². The number of alkyl halides is 2. The van der Waals surface area contributed by atoms with Crippen LogP contribution in [-0.4, -0.2) is 65.8 Å². The van der Waals surface area contributed by atoms with Crippen LogP contribution < -0.4 is 4.74 Å². The van der Waals surface area contributed by atoms with E-state index in [0.29, 0.717) is 31.7 Å². The molecule has 1 aromatic rings. The van der Waals surface area contributed by atoms with Gasteiger partial charge in [0.2, 0.25) is 0 Å². The van der Waals surface area contributed by atoms with Crippen LogP contribution >= 0.6 is 0 Å². The maximum absolute atomic E-state index is 12.5. The smallest absolute Gasteiger partial charge is 0.387 e. The predicted octanol–water partition coefficient (Wildman–Crippen LogP) is 1.31. The third-order valence-electron chi connectivity index (χ3n) is 3.75. The van der Waals surface area contributed by atoms with Crippen LogP contribution in [0.3, 0.4) is 0 Å². The Balaban J connectivity index is 2.07. The van der Waals surface area contributed by atoms with Crippen LogP contribution in [-0.2, 0) is 6.54 Å². The second-order valence-electron chi connectivity index (χ2n) is 5.27. The predicted molar refractivity (Wildman–Crippen MR) is 78.5 cm³/mol.